The van der Waals surface area contributed by atoms with Gasteiger partial charge in [0.15, 0.2) is 0 Å². The van der Waals surface area contributed by atoms with Crippen molar-refractivity contribution >= 4 is 0 Å². The second-order valence-electron chi connectivity index (χ2n) is 3.37. The molecule has 1 aromatic heterocycles. The monoisotopic (exact) mass is 222 g/mol. The number of rotatable bonds is 4. The Morgan fingerprint density at radius 3 is 2.94 bits per heavy atom. The van der Waals surface area contributed by atoms with Crippen molar-refractivity contribution < 1.29 is 14.0 Å². The van der Waals surface area contributed by atoms with E-state index in [0.717, 1.165) is 5.69 Å². The average Bonchev–Trinajstić information content (AvgIpc) is 2.76. The largest absolute Gasteiger partial charge is 0.508 e. The third-order valence-corrected chi connectivity index (χ3v) is 2.15. The van der Waals surface area contributed by atoms with Gasteiger partial charge in [-0.2, -0.15) is 0 Å². The molecule has 0 unspecified atom stereocenters. The van der Waals surface area contributed by atoms with Gasteiger partial charge in [-0.25, -0.2) is 4.39 Å². The number of phenols is 1. The average molecular weight is 222 g/mol. The zero-order valence-corrected chi connectivity index (χ0v) is 8.48. The third-order valence-electron chi connectivity index (χ3n) is 2.15. The summed E-state index contributed by atoms with van der Waals surface area (Å²) in [5.74, 6) is -0.287. The molecule has 0 saturated heterocycles. The first kappa shape index (κ1) is 10.6. The molecule has 0 aliphatic rings. The van der Waals surface area contributed by atoms with Crippen LogP contribution in [0.15, 0.2) is 35.1 Å². The molecule has 16 heavy (non-hydrogen) atoms. The molecule has 0 amide bonds. The van der Waals surface area contributed by atoms with E-state index in [0.29, 0.717) is 18.7 Å². The number of aromatic nitrogens is 1. The quantitative estimate of drug-likeness (QED) is 0.828. The highest BCUT2D eigenvalue weighted by atomic mass is 19.1. The fourth-order valence-corrected chi connectivity index (χ4v) is 1.35. The van der Waals surface area contributed by atoms with Crippen LogP contribution < -0.4 is 5.32 Å². The van der Waals surface area contributed by atoms with Gasteiger partial charge in [0.25, 0.3) is 0 Å². The summed E-state index contributed by atoms with van der Waals surface area (Å²) in [6, 6.07) is 5.59. The molecule has 5 heteroatoms. The number of benzene rings is 1. The molecular weight excluding hydrogens is 211 g/mol. The standard InChI is InChI=1S/C11H11FN2O2/c12-9-1-2-11(15)8(5-9)6-13-7-10-3-4-16-14-10/h1-5,13,15H,6-7H2. The second kappa shape index (κ2) is 4.76. The Morgan fingerprint density at radius 2 is 2.19 bits per heavy atom. The van der Waals surface area contributed by atoms with E-state index >= 15 is 0 Å². The fraction of sp³-hybridized carbons (Fsp3) is 0.182. The molecule has 0 atom stereocenters. The SMILES string of the molecule is Oc1ccc(F)cc1CNCc1ccon1. The number of hydrogen-bond donors (Lipinski definition) is 2. The topological polar surface area (TPSA) is 58.3 Å². The number of hydrogen-bond acceptors (Lipinski definition) is 4. The van der Waals surface area contributed by atoms with E-state index in [-0.39, 0.29) is 11.6 Å². The summed E-state index contributed by atoms with van der Waals surface area (Å²) in [7, 11) is 0. The Morgan fingerprint density at radius 1 is 1.31 bits per heavy atom. The van der Waals surface area contributed by atoms with Crippen LogP contribution in [0.5, 0.6) is 5.75 Å². The summed E-state index contributed by atoms with van der Waals surface area (Å²) in [5, 5.41) is 16.2. The summed E-state index contributed by atoms with van der Waals surface area (Å²) in [6.45, 7) is 0.878. The first-order valence-corrected chi connectivity index (χ1v) is 4.83. The number of halogens is 1. The highest BCUT2D eigenvalue weighted by Crippen LogP contribution is 2.17. The van der Waals surface area contributed by atoms with Crippen molar-refractivity contribution in [3.05, 3.63) is 47.6 Å². The molecule has 2 aromatic rings. The van der Waals surface area contributed by atoms with Crippen molar-refractivity contribution in [3.63, 3.8) is 0 Å². The second-order valence-corrected chi connectivity index (χ2v) is 3.37. The number of nitrogens with zero attached hydrogens (tertiary/aromatic N) is 1. The summed E-state index contributed by atoms with van der Waals surface area (Å²) in [5.41, 5.74) is 1.28. The molecule has 0 aliphatic heterocycles. The molecule has 0 radical (unpaired) electrons. The van der Waals surface area contributed by atoms with Crippen molar-refractivity contribution in [1.82, 2.24) is 10.5 Å². The van der Waals surface area contributed by atoms with Crippen molar-refractivity contribution in [2.45, 2.75) is 13.1 Å². The Balaban J connectivity index is 1.92. The van der Waals surface area contributed by atoms with Gasteiger partial charge in [0, 0.05) is 24.7 Å². The number of nitrogens with one attached hydrogen (secondary N) is 1. The lowest BCUT2D eigenvalue weighted by Crippen LogP contribution is -2.13. The van der Waals surface area contributed by atoms with Gasteiger partial charge in [0.05, 0.1) is 5.69 Å². The van der Waals surface area contributed by atoms with Gasteiger partial charge in [-0.15, -0.1) is 0 Å². The Kier molecular flexibility index (Phi) is 3.16. The smallest absolute Gasteiger partial charge is 0.124 e. The summed E-state index contributed by atoms with van der Waals surface area (Å²) in [6.07, 6.45) is 1.48. The molecule has 0 spiro atoms. The van der Waals surface area contributed by atoms with Crippen LogP contribution in [0, 0.1) is 5.82 Å². The number of aromatic hydroxyl groups is 1. The van der Waals surface area contributed by atoms with Crippen LogP contribution in [-0.4, -0.2) is 10.3 Å². The lowest BCUT2D eigenvalue weighted by Gasteiger charge is -2.05. The zero-order chi connectivity index (χ0) is 11.4. The minimum absolute atomic E-state index is 0.0778. The fourth-order valence-electron chi connectivity index (χ4n) is 1.35. The van der Waals surface area contributed by atoms with Gasteiger partial charge in [0.2, 0.25) is 0 Å². The first-order chi connectivity index (χ1) is 7.75. The van der Waals surface area contributed by atoms with E-state index < -0.39 is 0 Å². The lowest BCUT2D eigenvalue weighted by molar-refractivity contribution is 0.408. The molecule has 84 valence electrons. The van der Waals surface area contributed by atoms with E-state index in [2.05, 4.69) is 15.0 Å². The Hall–Kier alpha value is -1.88. The van der Waals surface area contributed by atoms with Gasteiger partial charge in [-0.3, -0.25) is 0 Å². The van der Waals surface area contributed by atoms with Crippen LogP contribution in [0.1, 0.15) is 11.3 Å². The van der Waals surface area contributed by atoms with Crippen molar-refractivity contribution in [1.29, 1.82) is 0 Å². The van der Waals surface area contributed by atoms with Crippen molar-refractivity contribution in [2.24, 2.45) is 0 Å². The van der Waals surface area contributed by atoms with E-state index in [1.807, 2.05) is 0 Å². The molecule has 2 N–H and O–H groups in total. The van der Waals surface area contributed by atoms with E-state index in [4.69, 9.17) is 0 Å². The normalized spacial score (nSPS) is 10.6. The van der Waals surface area contributed by atoms with Crippen LogP contribution in [-0.2, 0) is 13.1 Å². The van der Waals surface area contributed by atoms with E-state index in [9.17, 15) is 9.50 Å². The maximum absolute atomic E-state index is 12.9. The van der Waals surface area contributed by atoms with E-state index in [1.165, 1.54) is 24.5 Å². The lowest BCUT2D eigenvalue weighted by atomic mass is 10.2. The molecule has 2 rings (SSSR count). The highest BCUT2D eigenvalue weighted by molar-refractivity contribution is 5.32. The third kappa shape index (κ3) is 2.58. The minimum Gasteiger partial charge on any atom is -0.508 e. The molecule has 1 aromatic carbocycles. The summed E-state index contributed by atoms with van der Waals surface area (Å²) in [4.78, 5) is 0. The number of phenolic OH excluding ortho intramolecular Hbond substituents is 1. The highest BCUT2D eigenvalue weighted by Gasteiger charge is 2.03. The molecule has 0 fully saturated rings. The van der Waals surface area contributed by atoms with Gasteiger partial charge in [-0.05, 0) is 18.2 Å². The van der Waals surface area contributed by atoms with Gasteiger partial charge in [0.1, 0.15) is 17.8 Å². The van der Waals surface area contributed by atoms with E-state index in [1.54, 1.807) is 6.07 Å². The van der Waals surface area contributed by atoms with Crippen LogP contribution >= 0.6 is 0 Å². The zero-order valence-electron chi connectivity index (χ0n) is 8.48. The molecular formula is C11H11FN2O2. The van der Waals surface area contributed by atoms with Gasteiger partial charge in [-0.1, -0.05) is 5.16 Å². The van der Waals surface area contributed by atoms with Crippen LogP contribution in [0.25, 0.3) is 0 Å². The minimum atomic E-state index is -0.365. The summed E-state index contributed by atoms with van der Waals surface area (Å²) < 4.78 is 17.5. The van der Waals surface area contributed by atoms with Gasteiger partial charge >= 0.3 is 0 Å². The summed E-state index contributed by atoms with van der Waals surface area (Å²) >= 11 is 0. The maximum Gasteiger partial charge on any atom is 0.124 e. The molecule has 1 heterocycles. The molecule has 0 saturated carbocycles. The predicted octanol–water partition coefficient (Wildman–Crippen LogP) is 1.81. The van der Waals surface area contributed by atoms with Crippen molar-refractivity contribution in [2.75, 3.05) is 0 Å². The van der Waals surface area contributed by atoms with Crippen LogP contribution in [0.4, 0.5) is 4.39 Å². The molecule has 0 bridgehead atoms. The van der Waals surface area contributed by atoms with Crippen molar-refractivity contribution in [3.8, 4) is 5.75 Å². The molecule has 0 aliphatic carbocycles. The first-order valence-electron chi connectivity index (χ1n) is 4.83. The predicted molar refractivity (Wildman–Crippen MR) is 55.1 cm³/mol. The van der Waals surface area contributed by atoms with Crippen LogP contribution in [0.3, 0.4) is 0 Å². The Bertz CT molecular complexity index is 457. The maximum atomic E-state index is 12.9. The Labute approximate surface area is 91.7 Å². The molecule has 4 nitrogen and oxygen atoms in total. The van der Waals surface area contributed by atoms with Crippen LogP contribution in [0.2, 0.25) is 0 Å². The van der Waals surface area contributed by atoms with Gasteiger partial charge < -0.3 is 14.9 Å².